The molecule has 0 N–H and O–H groups in total. The van der Waals surface area contributed by atoms with Crippen molar-refractivity contribution in [2.24, 2.45) is 0 Å². The number of hydrogen-bond donors (Lipinski definition) is 0. The molecule has 0 radical (unpaired) electrons. The second-order valence-electron chi connectivity index (χ2n) is 13.5. The smallest absolute Gasteiger partial charge is 0.0463 e. The van der Waals surface area contributed by atoms with Gasteiger partial charge in [-0.15, -0.1) is 0 Å². The molecule has 0 aliphatic carbocycles. The van der Waals surface area contributed by atoms with E-state index < -0.39 is 0 Å². The summed E-state index contributed by atoms with van der Waals surface area (Å²) in [6.45, 7) is 12.4. The van der Waals surface area contributed by atoms with Gasteiger partial charge in [-0.3, -0.25) is 0 Å². The van der Waals surface area contributed by atoms with Gasteiger partial charge in [0.2, 0.25) is 0 Å². The number of benzene rings is 6. The van der Waals surface area contributed by atoms with Gasteiger partial charge in [-0.25, -0.2) is 0 Å². The van der Waals surface area contributed by atoms with Crippen LogP contribution in [0, 0.1) is 0 Å². The second kappa shape index (κ2) is 20.2. The molecular weight excluding hydrogens is 705 g/mol. The molecular formula is C54H54N4. The molecule has 0 bridgehead atoms. The third kappa shape index (κ3) is 9.31. The van der Waals surface area contributed by atoms with Crippen LogP contribution in [0.2, 0.25) is 0 Å². The Hall–Kier alpha value is -7.04. The van der Waals surface area contributed by atoms with Crippen molar-refractivity contribution in [2.75, 3.05) is 19.6 Å². The molecule has 0 atom stereocenters. The fourth-order valence-corrected chi connectivity index (χ4v) is 7.18. The van der Waals surface area contributed by atoms with E-state index in [-0.39, 0.29) is 0 Å². The standard InChI is InChI=1S/C54H54N4/c1-7-22-43(10-4)55(46-25-16-13-17-26-46)49-31-37-52(38-32-49)58(53-39-33-50(34-40-53)56(44(11-5)23-8-2)47-27-18-14-19-28-47)54-41-35-51(36-42-54)57(45(12-6)24-9-3)48-29-20-15-21-30-48/h7-42H,1-6H3/b22-7-,23-8-,24-9-,43-10+,44-11+,45-12+. The third-order valence-corrected chi connectivity index (χ3v) is 9.82. The van der Waals surface area contributed by atoms with Gasteiger partial charge in [0.25, 0.3) is 0 Å². The SMILES string of the molecule is C/C=C\C(=C/C)N(c1ccccc1)c1ccc(N(c2ccc(N(C(/C=C\C)=C/C)c3ccccc3)cc2)c2ccc(N(C(/C=C\C)=C/C)c3ccccc3)cc2)cc1. The van der Waals surface area contributed by atoms with Crippen molar-refractivity contribution in [1.82, 2.24) is 0 Å². The molecule has 0 unspecified atom stereocenters. The van der Waals surface area contributed by atoms with E-state index in [0.29, 0.717) is 0 Å². The number of allylic oxidation sites excluding steroid dienone is 9. The number of hydrogen-bond acceptors (Lipinski definition) is 4. The van der Waals surface area contributed by atoms with Gasteiger partial charge in [0.1, 0.15) is 0 Å². The van der Waals surface area contributed by atoms with Crippen LogP contribution in [0.1, 0.15) is 41.5 Å². The molecule has 0 aromatic heterocycles. The van der Waals surface area contributed by atoms with Gasteiger partial charge >= 0.3 is 0 Å². The van der Waals surface area contributed by atoms with Crippen molar-refractivity contribution in [1.29, 1.82) is 0 Å². The summed E-state index contributed by atoms with van der Waals surface area (Å²) >= 11 is 0. The predicted molar refractivity (Wildman–Crippen MR) is 253 cm³/mol. The van der Waals surface area contributed by atoms with E-state index in [0.717, 1.165) is 68.3 Å². The zero-order chi connectivity index (χ0) is 40.7. The molecule has 290 valence electrons. The van der Waals surface area contributed by atoms with Gasteiger partial charge < -0.3 is 19.6 Å². The van der Waals surface area contributed by atoms with Gasteiger partial charge in [0.05, 0.1) is 0 Å². The van der Waals surface area contributed by atoms with E-state index in [4.69, 9.17) is 0 Å². The summed E-state index contributed by atoms with van der Waals surface area (Å²) in [5, 5.41) is 0. The number of anilines is 9. The lowest BCUT2D eigenvalue weighted by molar-refractivity contribution is 1.18. The minimum Gasteiger partial charge on any atom is -0.311 e. The van der Waals surface area contributed by atoms with Gasteiger partial charge in [0, 0.05) is 68.3 Å². The Labute approximate surface area is 346 Å². The molecule has 0 heterocycles. The fourth-order valence-electron chi connectivity index (χ4n) is 7.18. The van der Waals surface area contributed by atoms with E-state index >= 15 is 0 Å². The van der Waals surface area contributed by atoms with Gasteiger partial charge in [-0.1, -0.05) is 91.1 Å². The molecule has 0 aliphatic rings. The van der Waals surface area contributed by atoms with Gasteiger partial charge in [-0.05, 0) is 169 Å². The molecule has 0 saturated heterocycles. The number of para-hydroxylation sites is 3. The van der Waals surface area contributed by atoms with Gasteiger partial charge in [-0.2, -0.15) is 0 Å². The van der Waals surface area contributed by atoms with Crippen molar-refractivity contribution in [3.8, 4) is 0 Å². The number of rotatable bonds is 15. The first-order chi connectivity index (χ1) is 28.5. The molecule has 6 rings (SSSR count). The Morgan fingerprint density at radius 2 is 0.483 bits per heavy atom. The highest BCUT2D eigenvalue weighted by atomic mass is 15.2. The molecule has 58 heavy (non-hydrogen) atoms. The first kappa shape index (κ1) is 40.6. The van der Waals surface area contributed by atoms with Crippen molar-refractivity contribution >= 4 is 51.2 Å². The van der Waals surface area contributed by atoms with Crippen LogP contribution in [-0.4, -0.2) is 0 Å². The molecule has 0 amide bonds. The highest BCUT2D eigenvalue weighted by molar-refractivity contribution is 5.82. The lowest BCUT2D eigenvalue weighted by Gasteiger charge is -2.30. The van der Waals surface area contributed by atoms with Crippen LogP contribution < -0.4 is 19.6 Å². The van der Waals surface area contributed by atoms with Crippen LogP contribution in [0.3, 0.4) is 0 Å². The molecule has 6 aromatic rings. The molecule has 0 spiro atoms. The van der Waals surface area contributed by atoms with Crippen molar-refractivity contribution in [3.63, 3.8) is 0 Å². The Morgan fingerprint density at radius 1 is 0.276 bits per heavy atom. The monoisotopic (exact) mass is 758 g/mol. The first-order valence-corrected chi connectivity index (χ1v) is 20.1. The summed E-state index contributed by atoms with van der Waals surface area (Å²) < 4.78 is 0. The summed E-state index contributed by atoms with van der Waals surface area (Å²) in [5.41, 5.74) is 13.0. The average molecular weight is 759 g/mol. The molecule has 4 nitrogen and oxygen atoms in total. The summed E-state index contributed by atoms with van der Waals surface area (Å²) in [7, 11) is 0. The van der Waals surface area contributed by atoms with Crippen LogP contribution in [-0.2, 0) is 0 Å². The first-order valence-electron chi connectivity index (χ1n) is 20.1. The predicted octanol–water partition coefficient (Wildman–Crippen LogP) is 16.0. The Kier molecular flexibility index (Phi) is 14.2. The Bertz CT molecular complexity index is 2100. The second-order valence-corrected chi connectivity index (χ2v) is 13.5. The van der Waals surface area contributed by atoms with E-state index in [1.165, 1.54) is 0 Å². The van der Waals surface area contributed by atoms with Crippen molar-refractivity contribution in [3.05, 3.63) is 236 Å². The van der Waals surface area contributed by atoms with Crippen LogP contribution >= 0.6 is 0 Å². The third-order valence-electron chi connectivity index (χ3n) is 9.82. The molecule has 0 aliphatic heterocycles. The normalized spacial score (nSPS) is 12.4. The highest BCUT2D eigenvalue weighted by Gasteiger charge is 2.19. The maximum Gasteiger partial charge on any atom is 0.0463 e. The van der Waals surface area contributed by atoms with Crippen LogP contribution in [0.5, 0.6) is 0 Å². The number of nitrogens with zero attached hydrogens (tertiary/aromatic N) is 4. The van der Waals surface area contributed by atoms with E-state index in [2.05, 4.69) is 280 Å². The van der Waals surface area contributed by atoms with Crippen LogP contribution in [0.4, 0.5) is 51.2 Å². The lowest BCUT2D eigenvalue weighted by Crippen LogP contribution is -2.17. The van der Waals surface area contributed by atoms with Crippen LogP contribution in [0.25, 0.3) is 0 Å². The van der Waals surface area contributed by atoms with E-state index in [1.54, 1.807) is 0 Å². The largest absolute Gasteiger partial charge is 0.311 e. The molecule has 0 fully saturated rings. The summed E-state index contributed by atoms with van der Waals surface area (Å²) in [6.07, 6.45) is 19.2. The Balaban J connectivity index is 1.47. The minimum absolute atomic E-state index is 1.05. The van der Waals surface area contributed by atoms with Crippen molar-refractivity contribution in [2.45, 2.75) is 41.5 Å². The maximum absolute atomic E-state index is 2.33. The van der Waals surface area contributed by atoms with Crippen molar-refractivity contribution < 1.29 is 0 Å². The molecule has 6 aromatic carbocycles. The fraction of sp³-hybridized carbons (Fsp3) is 0.111. The van der Waals surface area contributed by atoms with E-state index in [9.17, 15) is 0 Å². The zero-order valence-corrected chi connectivity index (χ0v) is 34.6. The quantitative estimate of drug-likeness (QED) is 0.0967. The maximum atomic E-state index is 2.33. The minimum atomic E-state index is 1.05. The van der Waals surface area contributed by atoms with Crippen LogP contribution in [0.15, 0.2) is 236 Å². The van der Waals surface area contributed by atoms with E-state index in [1.807, 2.05) is 0 Å². The summed E-state index contributed by atoms with van der Waals surface area (Å²) in [6, 6.07) is 58.2. The van der Waals surface area contributed by atoms with Gasteiger partial charge in [0.15, 0.2) is 0 Å². The average Bonchev–Trinajstić information content (AvgIpc) is 3.28. The molecule has 4 heteroatoms. The topological polar surface area (TPSA) is 13.0 Å². The Morgan fingerprint density at radius 3 is 0.690 bits per heavy atom. The highest BCUT2D eigenvalue weighted by Crippen LogP contribution is 2.41. The summed E-state index contributed by atoms with van der Waals surface area (Å²) in [4.78, 5) is 9.21. The molecule has 0 saturated carbocycles. The lowest BCUT2D eigenvalue weighted by atomic mass is 10.1. The summed E-state index contributed by atoms with van der Waals surface area (Å²) in [5.74, 6) is 0. The zero-order valence-electron chi connectivity index (χ0n) is 34.6.